The van der Waals surface area contributed by atoms with Gasteiger partial charge in [0.1, 0.15) is 0 Å². The fourth-order valence-corrected chi connectivity index (χ4v) is 3.82. The van der Waals surface area contributed by atoms with Gasteiger partial charge in [-0.2, -0.15) is 0 Å². The van der Waals surface area contributed by atoms with Crippen LogP contribution in [0.15, 0.2) is 30.3 Å². The van der Waals surface area contributed by atoms with Gasteiger partial charge in [-0.05, 0) is 48.7 Å². The van der Waals surface area contributed by atoms with Crippen molar-refractivity contribution < 1.29 is 9.47 Å². The van der Waals surface area contributed by atoms with Gasteiger partial charge in [-0.1, -0.05) is 29.3 Å². The zero-order chi connectivity index (χ0) is 17.3. The molecule has 0 aliphatic carbocycles. The molecular weight excluding hydrogens is 345 g/mol. The average Bonchev–Trinajstić information content (AvgIpc) is 2.59. The van der Waals surface area contributed by atoms with Crippen LogP contribution in [0.4, 0.5) is 0 Å². The van der Waals surface area contributed by atoms with Gasteiger partial charge in [0, 0.05) is 34.7 Å². The molecule has 0 bridgehead atoms. The topological polar surface area (TPSA) is 21.7 Å². The van der Waals surface area contributed by atoms with Crippen LogP contribution in [0.5, 0.6) is 11.5 Å². The molecule has 0 saturated heterocycles. The van der Waals surface area contributed by atoms with Crippen molar-refractivity contribution in [3.63, 3.8) is 0 Å². The van der Waals surface area contributed by atoms with Crippen molar-refractivity contribution in [1.82, 2.24) is 4.90 Å². The van der Waals surface area contributed by atoms with Gasteiger partial charge in [-0.25, -0.2) is 0 Å². The van der Waals surface area contributed by atoms with Crippen molar-refractivity contribution in [3.8, 4) is 11.5 Å². The van der Waals surface area contributed by atoms with Gasteiger partial charge in [0.05, 0.1) is 14.2 Å². The first-order valence-corrected chi connectivity index (χ1v) is 8.72. The number of benzene rings is 2. The van der Waals surface area contributed by atoms with Crippen molar-refractivity contribution in [2.24, 2.45) is 0 Å². The molecule has 2 aromatic carbocycles. The monoisotopic (exact) mass is 365 g/mol. The van der Waals surface area contributed by atoms with E-state index in [2.05, 4.69) is 24.0 Å². The highest BCUT2D eigenvalue weighted by atomic mass is 35.5. The third kappa shape index (κ3) is 3.21. The second kappa shape index (κ2) is 7.22. The largest absolute Gasteiger partial charge is 0.493 e. The molecule has 3 nitrogen and oxygen atoms in total. The first-order chi connectivity index (χ1) is 11.5. The third-order valence-corrected chi connectivity index (χ3v) is 5.44. The lowest BCUT2D eigenvalue weighted by Gasteiger charge is -2.36. The highest BCUT2D eigenvalue weighted by Crippen LogP contribution is 2.39. The summed E-state index contributed by atoms with van der Waals surface area (Å²) in [6.45, 7) is 3.88. The van der Waals surface area contributed by atoms with Gasteiger partial charge < -0.3 is 9.47 Å². The molecule has 0 radical (unpaired) electrons. The van der Waals surface area contributed by atoms with Crippen LogP contribution in [0.25, 0.3) is 0 Å². The summed E-state index contributed by atoms with van der Waals surface area (Å²) in [6, 6.07) is 10.1. The van der Waals surface area contributed by atoms with E-state index in [1.54, 1.807) is 14.2 Å². The fourth-order valence-electron chi connectivity index (χ4n) is 3.30. The normalized spacial score (nSPS) is 17.5. The Morgan fingerprint density at radius 1 is 1.08 bits per heavy atom. The molecule has 1 heterocycles. The molecule has 0 N–H and O–H groups in total. The molecule has 0 aromatic heterocycles. The maximum absolute atomic E-state index is 6.34. The lowest BCUT2D eigenvalue weighted by atomic mass is 9.92. The van der Waals surface area contributed by atoms with Crippen LogP contribution in [0.1, 0.15) is 29.7 Å². The standard InChI is InChI=1S/C19H21Cl2NO2/c1-12-14-10-19(24-3)18(23-2)9-13(14)7-8-22(12)11-15-16(20)5-4-6-17(15)21/h4-6,9-10,12H,7-8,11H2,1-3H3/t12-/m0/s1. The van der Waals surface area contributed by atoms with E-state index in [1.807, 2.05) is 18.2 Å². The molecule has 0 fully saturated rings. The summed E-state index contributed by atoms with van der Waals surface area (Å²) in [5.74, 6) is 1.55. The van der Waals surface area contributed by atoms with Gasteiger partial charge in [-0.15, -0.1) is 0 Å². The summed E-state index contributed by atoms with van der Waals surface area (Å²) in [5.41, 5.74) is 3.56. The summed E-state index contributed by atoms with van der Waals surface area (Å²) < 4.78 is 10.9. The van der Waals surface area contributed by atoms with E-state index in [0.717, 1.165) is 36.6 Å². The molecule has 1 aliphatic heterocycles. The first kappa shape index (κ1) is 17.4. The maximum Gasteiger partial charge on any atom is 0.161 e. The second-order valence-electron chi connectivity index (χ2n) is 6.00. The fraction of sp³-hybridized carbons (Fsp3) is 0.368. The van der Waals surface area contributed by atoms with Crippen LogP contribution in [0.3, 0.4) is 0 Å². The van der Waals surface area contributed by atoms with Gasteiger partial charge in [0.2, 0.25) is 0 Å². The number of ether oxygens (including phenoxy) is 2. The SMILES string of the molecule is COc1cc2c(cc1OC)[C@H](C)N(Cc1c(Cl)cccc1Cl)CC2. The summed E-state index contributed by atoms with van der Waals surface area (Å²) in [4.78, 5) is 2.39. The molecule has 1 aliphatic rings. The second-order valence-corrected chi connectivity index (χ2v) is 6.82. The molecule has 0 saturated carbocycles. The summed E-state index contributed by atoms with van der Waals surface area (Å²) in [6.07, 6.45) is 0.960. The van der Waals surface area contributed by atoms with E-state index >= 15 is 0 Å². The van der Waals surface area contributed by atoms with E-state index < -0.39 is 0 Å². The Labute approximate surface area is 153 Å². The zero-order valence-corrected chi connectivity index (χ0v) is 15.6. The summed E-state index contributed by atoms with van der Waals surface area (Å²) in [5, 5.41) is 1.43. The Bertz CT molecular complexity index is 728. The van der Waals surface area contributed by atoms with E-state index in [9.17, 15) is 0 Å². The van der Waals surface area contributed by atoms with Gasteiger partial charge in [-0.3, -0.25) is 4.90 Å². The van der Waals surface area contributed by atoms with Crippen LogP contribution in [0.2, 0.25) is 10.0 Å². The number of halogens is 2. The number of hydrogen-bond acceptors (Lipinski definition) is 3. The number of rotatable bonds is 4. The van der Waals surface area contributed by atoms with Crippen molar-refractivity contribution in [2.75, 3.05) is 20.8 Å². The van der Waals surface area contributed by atoms with Gasteiger partial charge in [0.15, 0.2) is 11.5 Å². The minimum atomic E-state index is 0.251. The van der Waals surface area contributed by atoms with Crippen molar-refractivity contribution >= 4 is 23.2 Å². The number of nitrogens with zero attached hydrogens (tertiary/aromatic N) is 1. The molecule has 3 rings (SSSR count). The zero-order valence-electron chi connectivity index (χ0n) is 14.1. The van der Waals surface area contributed by atoms with E-state index in [4.69, 9.17) is 32.7 Å². The Kier molecular flexibility index (Phi) is 5.24. The predicted octanol–water partition coefficient (Wildman–Crippen LogP) is 5.13. The van der Waals surface area contributed by atoms with E-state index in [1.165, 1.54) is 11.1 Å². The number of hydrogen-bond donors (Lipinski definition) is 0. The quantitative estimate of drug-likeness (QED) is 0.749. The molecular formula is C19H21Cl2NO2. The minimum Gasteiger partial charge on any atom is -0.493 e. The first-order valence-electron chi connectivity index (χ1n) is 7.97. The van der Waals surface area contributed by atoms with Crippen molar-refractivity contribution in [1.29, 1.82) is 0 Å². The minimum absolute atomic E-state index is 0.251. The van der Waals surface area contributed by atoms with Gasteiger partial charge in [0.25, 0.3) is 0 Å². The van der Waals surface area contributed by atoms with Crippen LogP contribution in [-0.2, 0) is 13.0 Å². The van der Waals surface area contributed by atoms with Gasteiger partial charge >= 0.3 is 0 Å². The highest BCUT2D eigenvalue weighted by Gasteiger charge is 2.26. The van der Waals surface area contributed by atoms with Crippen LogP contribution in [-0.4, -0.2) is 25.7 Å². The number of methoxy groups -OCH3 is 2. The molecule has 0 spiro atoms. The predicted molar refractivity (Wildman–Crippen MR) is 98.5 cm³/mol. The molecule has 128 valence electrons. The summed E-state index contributed by atoms with van der Waals surface area (Å²) in [7, 11) is 3.33. The van der Waals surface area contributed by atoms with Crippen molar-refractivity contribution in [2.45, 2.75) is 25.9 Å². The molecule has 24 heavy (non-hydrogen) atoms. The van der Waals surface area contributed by atoms with Crippen molar-refractivity contribution in [3.05, 3.63) is 57.1 Å². The maximum atomic E-state index is 6.34. The Balaban J connectivity index is 1.90. The Morgan fingerprint density at radius 2 is 1.71 bits per heavy atom. The Hall–Kier alpha value is -1.42. The van der Waals surface area contributed by atoms with Crippen LogP contribution < -0.4 is 9.47 Å². The average molecular weight is 366 g/mol. The lowest BCUT2D eigenvalue weighted by Crippen LogP contribution is -2.33. The number of fused-ring (bicyclic) bond motifs is 1. The molecule has 0 amide bonds. The lowest BCUT2D eigenvalue weighted by molar-refractivity contribution is 0.189. The Morgan fingerprint density at radius 3 is 2.33 bits per heavy atom. The molecule has 5 heteroatoms. The highest BCUT2D eigenvalue weighted by molar-refractivity contribution is 6.35. The molecule has 2 aromatic rings. The molecule has 0 unspecified atom stereocenters. The third-order valence-electron chi connectivity index (χ3n) is 4.73. The van der Waals surface area contributed by atoms with E-state index in [0.29, 0.717) is 10.0 Å². The summed E-state index contributed by atoms with van der Waals surface area (Å²) >= 11 is 12.7. The molecule has 1 atom stereocenters. The van der Waals surface area contributed by atoms with Crippen LogP contribution in [0, 0.1) is 0 Å². The van der Waals surface area contributed by atoms with Crippen LogP contribution >= 0.6 is 23.2 Å². The smallest absolute Gasteiger partial charge is 0.161 e. The van der Waals surface area contributed by atoms with E-state index in [-0.39, 0.29) is 6.04 Å².